The Bertz CT molecular complexity index is 667. The lowest BCUT2D eigenvalue weighted by molar-refractivity contribution is -0.135. The molecule has 0 spiro atoms. The Balaban J connectivity index is 1.68. The third-order valence-corrected chi connectivity index (χ3v) is 4.84. The third-order valence-electron chi connectivity index (χ3n) is 4.84. The molecule has 1 aliphatic rings. The van der Waals surface area contributed by atoms with Crippen LogP contribution in [0.15, 0.2) is 43.0 Å². The molecule has 3 rings (SSSR count). The predicted octanol–water partition coefficient (Wildman–Crippen LogP) is 3.72. The van der Waals surface area contributed by atoms with E-state index in [2.05, 4.69) is 28.7 Å². The van der Waals surface area contributed by atoms with Gasteiger partial charge in [0.15, 0.2) is 0 Å². The zero-order chi connectivity index (χ0) is 16.9. The summed E-state index contributed by atoms with van der Waals surface area (Å²) in [6.45, 7) is 5.33. The second-order valence-electron chi connectivity index (χ2n) is 6.90. The molecule has 1 amide bonds. The molecule has 1 aromatic carbocycles. The second kappa shape index (κ2) is 7.56. The summed E-state index contributed by atoms with van der Waals surface area (Å²) >= 11 is 0. The van der Waals surface area contributed by atoms with E-state index in [9.17, 15) is 4.79 Å². The number of carbonyl (C=O) groups excluding carboxylic acids is 1. The van der Waals surface area contributed by atoms with Crippen LogP contribution >= 0.6 is 0 Å². The Morgan fingerprint density at radius 1 is 1.12 bits per heavy atom. The standard InChI is InChI=1S/C20H25N3O/c1-15(2)19-5-3-4-10-23(19)20(24)11-16-6-8-17(9-7-16)18-12-21-14-22-13-18/h6-9,12-15,19H,3-5,10-11H2,1-2H3. The first kappa shape index (κ1) is 16.6. The number of hydrogen-bond acceptors (Lipinski definition) is 3. The highest BCUT2D eigenvalue weighted by atomic mass is 16.2. The molecular weight excluding hydrogens is 298 g/mol. The third kappa shape index (κ3) is 3.81. The lowest BCUT2D eigenvalue weighted by atomic mass is 9.92. The molecule has 2 aromatic rings. The average molecular weight is 323 g/mol. The molecule has 1 atom stereocenters. The van der Waals surface area contributed by atoms with Crippen LogP contribution in [0.3, 0.4) is 0 Å². The van der Waals surface area contributed by atoms with Crippen molar-refractivity contribution >= 4 is 5.91 Å². The quantitative estimate of drug-likeness (QED) is 0.861. The van der Waals surface area contributed by atoms with Gasteiger partial charge in [-0.3, -0.25) is 4.79 Å². The summed E-state index contributed by atoms with van der Waals surface area (Å²) in [5.41, 5.74) is 3.13. The summed E-state index contributed by atoms with van der Waals surface area (Å²) < 4.78 is 0. The summed E-state index contributed by atoms with van der Waals surface area (Å²) in [6.07, 6.45) is 9.11. The molecular formula is C20H25N3O. The van der Waals surface area contributed by atoms with Gasteiger partial charge in [-0.2, -0.15) is 0 Å². The van der Waals surface area contributed by atoms with Crippen LogP contribution in [-0.2, 0) is 11.2 Å². The fourth-order valence-corrected chi connectivity index (χ4v) is 3.50. The van der Waals surface area contributed by atoms with Crippen molar-refractivity contribution in [1.29, 1.82) is 0 Å². The van der Waals surface area contributed by atoms with Gasteiger partial charge in [-0.25, -0.2) is 9.97 Å². The first-order valence-electron chi connectivity index (χ1n) is 8.79. The first-order valence-corrected chi connectivity index (χ1v) is 8.79. The van der Waals surface area contributed by atoms with Gasteiger partial charge in [0.25, 0.3) is 0 Å². The van der Waals surface area contributed by atoms with Gasteiger partial charge in [0.05, 0.1) is 6.42 Å². The van der Waals surface area contributed by atoms with Crippen LogP contribution < -0.4 is 0 Å². The Kier molecular flexibility index (Phi) is 5.24. The minimum Gasteiger partial charge on any atom is -0.339 e. The van der Waals surface area contributed by atoms with Gasteiger partial charge in [0.1, 0.15) is 6.33 Å². The SMILES string of the molecule is CC(C)C1CCCCN1C(=O)Cc1ccc(-c2cncnc2)cc1. The van der Waals surface area contributed by atoms with Gasteiger partial charge >= 0.3 is 0 Å². The first-order chi connectivity index (χ1) is 11.6. The number of amides is 1. The van der Waals surface area contributed by atoms with E-state index in [4.69, 9.17) is 0 Å². The molecule has 1 fully saturated rings. The smallest absolute Gasteiger partial charge is 0.227 e. The summed E-state index contributed by atoms with van der Waals surface area (Å²) in [5.74, 6) is 0.777. The van der Waals surface area contributed by atoms with E-state index in [0.717, 1.165) is 36.1 Å². The summed E-state index contributed by atoms with van der Waals surface area (Å²) in [6, 6.07) is 8.55. The largest absolute Gasteiger partial charge is 0.339 e. The van der Waals surface area contributed by atoms with Crippen molar-refractivity contribution in [2.24, 2.45) is 5.92 Å². The molecule has 2 heterocycles. The highest BCUT2D eigenvalue weighted by Crippen LogP contribution is 2.24. The predicted molar refractivity (Wildman–Crippen MR) is 95.4 cm³/mol. The molecule has 1 unspecified atom stereocenters. The van der Waals surface area contributed by atoms with Gasteiger partial charge in [0, 0.05) is 30.5 Å². The number of rotatable bonds is 4. The highest BCUT2D eigenvalue weighted by Gasteiger charge is 2.28. The number of benzene rings is 1. The molecule has 1 aliphatic heterocycles. The van der Waals surface area contributed by atoms with Crippen molar-refractivity contribution in [3.05, 3.63) is 48.5 Å². The van der Waals surface area contributed by atoms with Crippen LogP contribution in [0, 0.1) is 5.92 Å². The number of likely N-dealkylation sites (tertiary alicyclic amines) is 1. The number of hydrogen-bond donors (Lipinski definition) is 0. The van der Waals surface area contributed by atoms with Gasteiger partial charge in [-0.05, 0) is 36.3 Å². The van der Waals surface area contributed by atoms with Gasteiger partial charge in [-0.15, -0.1) is 0 Å². The van der Waals surface area contributed by atoms with Crippen molar-refractivity contribution < 1.29 is 4.79 Å². The Hall–Kier alpha value is -2.23. The van der Waals surface area contributed by atoms with Crippen molar-refractivity contribution in [3.8, 4) is 11.1 Å². The highest BCUT2D eigenvalue weighted by molar-refractivity contribution is 5.79. The lowest BCUT2D eigenvalue weighted by Crippen LogP contribution is -2.47. The van der Waals surface area contributed by atoms with Gasteiger partial charge in [-0.1, -0.05) is 38.1 Å². The Morgan fingerprint density at radius 3 is 2.50 bits per heavy atom. The van der Waals surface area contributed by atoms with Crippen molar-refractivity contribution in [1.82, 2.24) is 14.9 Å². The molecule has 0 aliphatic carbocycles. The zero-order valence-electron chi connectivity index (χ0n) is 14.5. The number of carbonyl (C=O) groups is 1. The van der Waals surface area contributed by atoms with Crippen LogP contribution in [0.2, 0.25) is 0 Å². The van der Waals surface area contributed by atoms with E-state index in [-0.39, 0.29) is 5.91 Å². The second-order valence-corrected chi connectivity index (χ2v) is 6.90. The van der Waals surface area contributed by atoms with Crippen LogP contribution in [0.25, 0.3) is 11.1 Å². The molecule has 126 valence electrons. The molecule has 0 radical (unpaired) electrons. The lowest BCUT2D eigenvalue weighted by Gasteiger charge is -2.38. The van der Waals surface area contributed by atoms with Crippen molar-refractivity contribution in [2.45, 2.75) is 45.6 Å². The fraction of sp³-hybridized carbons (Fsp3) is 0.450. The number of piperidine rings is 1. The maximum atomic E-state index is 12.7. The fourth-order valence-electron chi connectivity index (χ4n) is 3.50. The molecule has 4 heteroatoms. The van der Waals surface area contributed by atoms with Crippen molar-refractivity contribution in [2.75, 3.05) is 6.54 Å². The maximum Gasteiger partial charge on any atom is 0.227 e. The van der Waals surface area contributed by atoms with Crippen LogP contribution in [0.5, 0.6) is 0 Å². The van der Waals surface area contributed by atoms with E-state index in [1.54, 1.807) is 12.4 Å². The Morgan fingerprint density at radius 2 is 1.83 bits per heavy atom. The monoisotopic (exact) mass is 323 g/mol. The maximum absolute atomic E-state index is 12.7. The molecule has 1 saturated heterocycles. The molecule has 0 bridgehead atoms. The topological polar surface area (TPSA) is 46.1 Å². The van der Waals surface area contributed by atoms with E-state index >= 15 is 0 Å². The molecule has 4 nitrogen and oxygen atoms in total. The average Bonchev–Trinajstić information content (AvgIpc) is 2.63. The zero-order valence-corrected chi connectivity index (χ0v) is 14.5. The number of aromatic nitrogens is 2. The van der Waals surface area contributed by atoms with E-state index in [1.165, 1.54) is 12.7 Å². The molecule has 0 saturated carbocycles. The number of nitrogens with zero attached hydrogens (tertiary/aromatic N) is 3. The molecule has 24 heavy (non-hydrogen) atoms. The summed E-state index contributed by atoms with van der Waals surface area (Å²) in [5, 5.41) is 0. The van der Waals surface area contributed by atoms with Gasteiger partial charge < -0.3 is 4.90 Å². The van der Waals surface area contributed by atoms with Crippen LogP contribution in [-0.4, -0.2) is 33.4 Å². The minimum absolute atomic E-state index is 0.254. The Labute approximate surface area is 143 Å². The van der Waals surface area contributed by atoms with E-state index in [0.29, 0.717) is 18.4 Å². The van der Waals surface area contributed by atoms with Crippen molar-refractivity contribution in [3.63, 3.8) is 0 Å². The summed E-state index contributed by atoms with van der Waals surface area (Å²) in [7, 11) is 0. The summed E-state index contributed by atoms with van der Waals surface area (Å²) in [4.78, 5) is 22.9. The molecule has 1 aromatic heterocycles. The van der Waals surface area contributed by atoms with Crippen LogP contribution in [0.4, 0.5) is 0 Å². The van der Waals surface area contributed by atoms with Gasteiger partial charge in [0.2, 0.25) is 5.91 Å². The van der Waals surface area contributed by atoms with Crippen LogP contribution in [0.1, 0.15) is 38.7 Å². The minimum atomic E-state index is 0.254. The van der Waals surface area contributed by atoms with E-state index in [1.807, 2.05) is 24.3 Å². The van der Waals surface area contributed by atoms with E-state index < -0.39 is 0 Å². The molecule has 0 N–H and O–H groups in total. The normalized spacial score (nSPS) is 18.0.